The molecular weight excluding hydrogens is 228 g/mol. The topological polar surface area (TPSA) is 55.9 Å². The van der Waals surface area contributed by atoms with Gasteiger partial charge >= 0.3 is 0 Å². The number of nitrogens with zero attached hydrogens (tertiary/aromatic N) is 4. The van der Waals surface area contributed by atoms with E-state index >= 15 is 0 Å². The SMILES string of the molecule is Cc1cnn(C)c1C(O)Cc1c(C)nn(C)c1C. The molecule has 5 heteroatoms. The van der Waals surface area contributed by atoms with E-state index in [4.69, 9.17) is 0 Å². The molecule has 0 aromatic carbocycles. The van der Waals surface area contributed by atoms with Crippen LogP contribution in [0.25, 0.3) is 0 Å². The van der Waals surface area contributed by atoms with Crippen molar-refractivity contribution in [1.29, 1.82) is 0 Å². The molecule has 2 aromatic heterocycles. The van der Waals surface area contributed by atoms with Crippen molar-refractivity contribution >= 4 is 0 Å². The van der Waals surface area contributed by atoms with Crippen molar-refractivity contribution in [3.63, 3.8) is 0 Å². The lowest BCUT2D eigenvalue weighted by Gasteiger charge is -2.13. The summed E-state index contributed by atoms with van der Waals surface area (Å²) in [6, 6.07) is 0. The molecule has 0 fully saturated rings. The number of aromatic nitrogens is 4. The van der Waals surface area contributed by atoms with Gasteiger partial charge in [0.1, 0.15) is 6.10 Å². The first-order valence-corrected chi connectivity index (χ1v) is 6.07. The molecule has 0 aliphatic carbocycles. The molecule has 0 saturated carbocycles. The zero-order chi connectivity index (χ0) is 13.4. The van der Waals surface area contributed by atoms with Gasteiger partial charge in [-0.15, -0.1) is 0 Å². The lowest BCUT2D eigenvalue weighted by Crippen LogP contribution is -2.10. The Hall–Kier alpha value is -1.62. The lowest BCUT2D eigenvalue weighted by atomic mass is 10.0. The van der Waals surface area contributed by atoms with Gasteiger partial charge in [-0.25, -0.2) is 0 Å². The van der Waals surface area contributed by atoms with Crippen LogP contribution in [0.4, 0.5) is 0 Å². The summed E-state index contributed by atoms with van der Waals surface area (Å²) in [5, 5.41) is 18.9. The summed E-state index contributed by atoms with van der Waals surface area (Å²) >= 11 is 0. The number of hydrogen-bond donors (Lipinski definition) is 1. The van der Waals surface area contributed by atoms with Crippen molar-refractivity contribution in [2.75, 3.05) is 0 Å². The van der Waals surface area contributed by atoms with Crippen molar-refractivity contribution in [3.8, 4) is 0 Å². The molecule has 0 amide bonds. The fourth-order valence-corrected chi connectivity index (χ4v) is 2.44. The predicted octanol–water partition coefficient (Wildman–Crippen LogP) is 1.35. The zero-order valence-electron chi connectivity index (χ0n) is 11.6. The number of rotatable bonds is 3. The molecule has 5 nitrogen and oxygen atoms in total. The molecule has 0 aliphatic rings. The maximum Gasteiger partial charge on any atom is 0.100 e. The van der Waals surface area contributed by atoms with Gasteiger partial charge in [-0.3, -0.25) is 9.36 Å². The van der Waals surface area contributed by atoms with Crippen molar-refractivity contribution < 1.29 is 5.11 Å². The molecule has 1 unspecified atom stereocenters. The molecule has 1 N–H and O–H groups in total. The van der Waals surface area contributed by atoms with E-state index in [2.05, 4.69) is 10.2 Å². The van der Waals surface area contributed by atoms with Crippen LogP contribution in [0.5, 0.6) is 0 Å². The summed E-state index contributed by atoms with van der Waals surface area (Å²) in [5.41, 5.74) is 5.09. The monoisotopic (exact) mass is 248 g/mol. The predicted molar refractivity (Wildman–Crippen MR) is 69.3 cm³/mol. The van der Waals surface area contributed by atoms with Crippen LogP contribution in [0.3, 0.4) is 0 Å². The molecule has 2 aromatic rings. The van der Waals surface area contributed by atoms with Crippen LogP contribution in [-0.2, 0) is 20.5 Å². The number of aryl methyl sites for hydroxylation is 4. The van der Waals surface area contributed by atoms with Crippen LogP contribution >= 0.6 is 0 Å². The van der Waals surface area contributed by atoms with Gasteiger partial charge in [-0.1, -0.05) is 0 Å². The maximum absolute atomic E-state index is 10.4. The third-order valence-corrected chi connectivity index (χ3v) is 3.55. The number of aliphatic hydroxyl groups excluding tert-OH is 1. The second-order valence-electron chi connectivity index (χ2n) is 4.83. The second kappa shape index (κ2) is 4.57. The Morgan fingerprint density at radius 2 is 1.89 bits per heavy atom. The largest absolute Gasteiger partial charge is 0.386 e. The Bertz CT molecular complexity index is 548. The quantitative estimate of drug-likeness (QED) is 0.892. The zero-order valence-corrected chi connectivity index (χ0v) is 11.6. The molecule has 0 radical (unpaired) electrons. The molecule has 0 bridgehead atoms. The molecule has 1 atom stereocenters. The smallest absolute Gasteiger partial charge is 0.100 e. The van der Waals surface area contributed by atoms with E-state index in [-0.39, 0.29) is 0 Å². The van der Waals surface area contributed by atoms with Gasteiger partial charge in [0.25, 0.3) is 0 Å². The van der Waals surface area contributed by atoms with Gasteiger partial charge in [-0.05, 0) is 31.9 Å². The summed E-state index contributed by atoms with van der Waals surface area (Å²) in [4.78, 5) is 0. The van der Waals surface area contributed by atoms with E-state index < -0.39 is 6.10 Å². The molecular formula is C13H20N4O. The number of aliphatic hydroxyl groups is 1. The van der Waals surface area contributed by atoms with Gasteiger partial charge < -0.3 is 5.11 Å². The van der Waals surface area contributed by atoms with E-state index in [9.17, 15) is 5.11 Å². The third kappa shape index (κ3) is 2.06. The summed E-state index contributed by atoms with van der Waals surface area (Å²) in [7, 11) is 3.78. The van der Waals surface area contributed by atoms with Crippen molar-refractivity contribution in [2.45, 2.75) is 33.3 Å². The van der Waals surface area contributed by atoms with E-state index in [0.717, 1.165) is 28.2 Å². The van der Waals surface area contributed by atoms with Crippen LogP contribution in [0.1, 0.15) is 34.3 Å². The standard InChI is InChI=1S/C13H20N4O/c1-8-7-14-17(5)13(8)12(18)6-11-9(2)15-16(4)10(11)3/h7,12,18H,6H2,1-5H3. The fraction of sp³-hybridized carbons (Fsp3) is 0.538. The summed E-state index contributed by atoms with van der Waals surface area (Å²) in [6.07, 6.45) is 1.81. The Kier molecular flexibility index (Phi) is 3.26. The minimum atomic E-state index is -0.542. The second-order valence-corrected chi connectivity index (χ2v) is 4.83. The summed E-state index contributed by atoms with van der Waals surface area (Å²) < 4.78 is 3.59. The maximum atomic E-state index is 10.4. The Labute approximate surface area is 107 Å². The minimum Gasteiger partial charge on any atom is -0.386 e. The average molecular weight is 248 g/mol. The summed E-state index contributed by atoms with van der Waals surface area (Å²) in [5.74, 6) is 0. The fourth-order valence-electron chi connectivity index (χ4n) is 2.44. The van der Waals surface area contributed by atoms with Gasteiger partial charge in [0.15, 0.2) is 0 Å². The van der Waals surface area contributed by atoms with Crippen molar-refractivity contribution in [3.05, 3.63) is 34.4 Å². The van der Waals surface area contributed by atoms with Crippen LogP contribution < -0.4 is 0 Å². The normalized spacial score (nSPS) is 13.0. The Balaban J connectivity index is 2.29. The molecule has 0 spiro atoms. The van der Waals surface area contributed by atoms with E-state index in [1.165, 1.54) is 0 Å². The third-order valence-electron chi connectivity index (χ3n) is 3.55. The van der Waals surface area contributed by atoms with Gasteiger partial charge in [0.2, 0.25) is 0 Å². The van der Waals surface area contributed by atoms with E-state index in [1.807, 2.05) is 39.5 Å². The highest BCUT2D eigenvalue weighted by Crippen LogP contribution is 2.24. The highest BCUT2D eigenvalue weighted by molar-refractivity contribution is 5.28. The van der Waals surface area contributed by atoms with Crippen LogP contribution in [0.15, 0.2) is 6.20 Å². The highest BCUT2D eigenvalue weighted by Gasteiger charge is 2.19. The van der Waals surface area contributed by atoms with Gasteiger partial charge in [0.05, 0.1) is 17.6 Å². The highest BCUT2D eigenvalue weighted by atomic mass is 16.3. The van der Waals surface area contributed by atoms with Crippen molar-refractivity contribution in [1.82, 2.24) is 19.6 Å². The molecule has 0 saturated heterocycles. The van der Waals surface area contributed by atoms with E-state index in [1.54, 1.807) is 10.9 Å². The first-order valence-electron chi connectivity index (χ1n) is 6.07. The molecule has 2 heterocycles. The van der Waals surface area contributed by atoms with E-state index in [0.29, 0.717) is 6.42 Å². The van der Waals surface area contributed by atoms with Crippen LogP contribution in [0, 0.1) is 20.8 Å². The lowest BCUT2D eigenvalue weighted by molar-refractivity contribution is 0.167. The average Bonchev–Trinajstić information content (AvgIpc) is 2.74. The van der Waals surface area contributed by atoms with Crippen LogP contribution in [0.2, 0.25) is 0 Å². The van der Waals surface area contributed by atoms with Crippen molar-refractivity contribution in [2.24, 2.45) is 14.1 Å². The molecule has 18 heavy (non-hydrogen) atoms. The van der Waals surface area contributed by atoms with Gasteiger partial charge in [0, 0.05) is 26.2 Å². The molecule has 0 aliphatic heterocycles. The Morgan fingerprint density at radius 3 is 2.33 bits per heavy atom. The number of hydrogen-bond acceptors (Lipinski definition) is 3. The van der Waals surface area contributed by atoms with Gasteiger partial charge in [-0.2, -0.15) is 10.2 Å². The molecule has 98 valence electrons. The van der Waals surface area contributed by atoms with Crippen LogP contribution in [-0.4, -0.2) is 24.7 Å². The Morgan fingerprint density at radius 1 is 1.22 bits per heavy atom. The first kappa shape index (κ1) is 12.8. The molecule has 2 rings (SSSR count). The first-order chi connectivity index (χ1) is 8.41. The summed E-state index contributed by atoms with van der Waals surface area (Å²) in [6.45, 7) is 5.97. The minimum absolute atomic E-state index is 0.542.